The molecule has 1 unspecified atom stereocenters. The molecule has 0 amide bonds. The third-order valence-electron chi connectivity index (χ3n) is 3.20. The van der Waals surface area contributed by atoms with E-state index in [0.29, 0.717) is 12.0 Å². The summed E-state index contributed by atoms with van der Waals surface area (Å²) in [6.45, 7) is 6.56. The van der Waals surface area contributed by atoms with Crippen molar-refractivity contribution in [2.45, 2.75) is 33.2 Å². The van der Waals surface area contributed by atoms with E-state index in [1.165, 1.54) is 11.3 Å². The minimum absolute atomic E-state index is 0.462. The number of hydrogen-bond donors (Lipinski definition) is 1. The number of hydrogen-bond acceptors (Lipinski definition) is 3. The molecule has 2 rings (SSSR count). The van der Waals surface area contributed by atoms with Gasteiger partial charge >= 0.3 is 0 Å². The maximum absolute atomic E-state index is 4.28. The minimum Gasteiger partial charge on any atom is -0.316 e. The maximum Gasteiger partial charge on any atom is 0.155 e. The molecule has 0 saturated carbocycles. The van der Waals surface area contributed by atoms with Crippen molar-refractivity contribution in [3.63, 3.8) is 0 Å². The van der Waals surface area contributed by atoms with Gasteiger partial charge in [-0.3, -0.25) is 0 Å². The van der Waals surface area contributed by atoms with Crippen molar-refractivity contribution in [3.05, 3.63) is 29.7 Å². The molecular formula is C13H20N4. The quantitative estimate of drug-likeness (QED) is 0.874. The molecule has 2 heterocycles. The summed E-state index contributed by atoms with van der Waals surface area (Å²) in [6, 6.07) is 4.71. The van der Waals surface area contributed by atoms with Gasteiger partial charge in [0.15, 0.2) is 5.65 Å². The molecule has 4 nitrogen and oxygen atoms in total. The monoisotopic (exact) mass is 232 g/mol. The SMILES string of the molecule is CNC(Cc1cc(C)cc2ncnn12)C(C)C. The highest BCUT2D eigenvalue weighted by Gasteiger charge is 2.14. The molecule has 0 aliphatic heterocycles. The van der Waals surface area contributed by atoms with Gasteiger partial charge in [0.2, 0.25) is 0 Å². The molecule has 0 spiro atoms. The predicted molar refractivity (Wildman–Crippen MR) is 69.1 cm³/mol. The van der Waals surface area contributed by atoms with E-state index in [9.17, 15) is 0 Å². The van der Waals surface area contributed by atoms with Gasteiger partial charge in [-0.15, -0.1) is 0 Å². The zero-order valence-electron chi connectivity index (χ0n) is 10.9. The van der Waals surface area contributed by atoms with E-state index in [1.54, 1.807) is 6.33 Å². The Morgan fingerprint density at radius 1 is 1.35 bits per heavy atom. The van der Waals surface area contributed by atoms with E-state index in [-0.39, 0.29) is 0 Å². The molecule has 4 heteroatoms. The first kappa shape index (κ1) is 12.0. The molecule has 2 aromatic heterocycles. The third kappa shape index (κ3) is 2.47. The first-order chi connectivity index (χ1) is 8.11. The third-order valence-corrected chi connectivity index (χ3v) is 3.20. The lowest BCUT2D eigenvalue weighted by Gasteiger charge is -2.20. The van der Waals surface area contributed by atoms with E-state index in [2.05, 4.69) is 48.3 Å². The number of pyridine rings is 1. The fourth-order valence-corrected chi connectivity index (χ4v) is 2.18. The van der Waals surface area contributed by atoms with Crippen LogP contribution in [0.1, 0.15) is 25.1 Å². The van der Waals surface area contributed by atoms with Crippen LogP contribution in [0.5, 0.6) is 0 Å². The van der Waals surface area contributed by atoms with Gasteiger partial charge in [0.1, 0.15) is 6.33 Å². The van der Waals surface area contributed by atoms with Crippen molar-refractivity contribution < 1.29 is 0 Å². The van der Waals surface area contributed by atoms with E-state index in [1.807, 2.05) is 11.6 Å². The smallest absolute Gasteiger partial charge is 0.155 e. The summed E-state index contributed by atoms with van der Waals surface area (Å²) in [7, 11) is 2.01. The van der Waals surface area contributed by atoms with Crippen molar-refractivity contribution in [1.82, 2.24) is 19.9 Å². The van der Waals surface area contributed by atoms with Gasteiger partial charge in [0, 0.05) is 18.2 Å². The summed E-state index contributed by atoms with van der Waals surface area (Å²) < 4.78 is 1.93. The Bertz CT molecular complexity index is 501. The van der Waals surface area contributed by atoms with Crippen LogP contribution in [0, 0.1) is 12.8 Å². The van der Waals surface area contributed by atoms with Crippen LogP contribution in [0.25, 0.3) is 5.65 Å². The topological polar surface area (TPSA) is 42.2 Å². The number of aromatic nitrogens is 3. The van der Waals surface area contributed by atoms with Gasteiger partial charge in [0.05, 0.1) is 0 Å². The summed E-state index contributed by atoms with van der Waals surface area (Å²) in [5, 5.41) is 7.65. The van der Waals surface area contributed by atoms with E-state index in [4.69, 9.17) is 0 Å². The van der Waals surface area contributed by atoms with Gasteiger partial charge in [-0.25, -0.2) is 9.50 Å². The first-order valence-corrected chi connectivity index (χ1v) is 6.08. The summed E-state index contributed by atoms with van der Waals surface area (Å²) in [4.78, 5) is 4.25. The molecule has 0 radical (unpaired) electrons. The Balaban J connectivity index is 2.37. The highest BCUT2D eigenvalue weighted by Crippen LogP contribution is 2.13. The van der Waals surface area contributed by atoms with Crippen LogP contribution in [0.15, 0.2) is 18.5 Å². The van der Waals surface area contributed by atoms with Crippen molar-refractivity contribution in [2.75, 3.05) is 7.05 Å². The van der Waals surface area contributed by atoms with Gasteiger partial charge < -0.3 is 5.32 Å². The molecule has 0 bridgehead atoms. The van der Waals surface area contributed by atoms with Crippen LogP contribution in [0.4, 0.5) is 0 Å². The Morgan fingerprint density at radius 2 is 2.12 bits per heavy atom. The van der Waals surface area contributed by atoms with Gasteiger partial charge in [0.25, 0.3) is 0 Å². The zero-order chi connectivity index (χ0) is 12.4. The molecule has 0 aliphatic rings. The fourth-order valence-electron chi connectivity index (χ4n) is 2.18. The minimum atomic E-state index is 0.462. The second-order valence-electron chi connectivity index (χ2n) is 4.90. The molecule has 0 aliphatic carbocycles. The van der Waals surface area contributed by atoms with Crippen LogP contribution in [-0.4, -0.2) is 27.7 Å². The predicted octanol–water partition coefficient (Wildman–Crippen LogP) is 1.82. The van der Waals surface area contributed by atoms with Gasteiger partial charge in [-0.1, -0.05) is 13.8 Å². The van der Waals surface area contributed by atoms with Crippen molar-refractivity contribution in [1.29, 1.82) is 0 Å². The number of fused-ring (bicyclic) bond motifs is 1. The standard InChI is InChI=1S/C13H20N4/c1-9(2)12(14-4)7-11-5-10(3)6-13-15-8-16-17(11)13/h5-6,8-9,12,14H,7H2,1-4H3. The largest absolute Gasteiger partial charge is 0.316 e. The molecule has 0 aromatic carbocycles. The Labute approximate surface area is 102 Å². The Kier molecular flexibility index (Phi) is 3.43. The van der Waals surface area contributed by atoms with Gasteiger partial charge in [-0.2, -0.15) is 5.10 Å². The van der Waals surface area contributed by atoms with Gasteiger partial charge in [-0.05, 0) is 37.6 Å². The second kappa shape index (κ2) is 4.84. The summed E-state index contributed by atoms with van der Waals surface area (Å²) in [5.41, 5.74) is 3.38. The van der Waals surface area contributed by atoms with E-state index < -0.39 is 0 Å². The fraction of sp³-hybridized carbons (Fsp3) is 0.538. The number of aryl methyl sites for hydroxylation is 1. The van der Waals surface area contributed by atoms with Crippen LogP contribution < -0.4 is 5.32 Å². The van der Waals surface area contributed by atoms with Crippen LogP contribution in [-0.2, 0) is 6.42 Å². The lowest BCUT2D eigenvalue weighted by Crippen LogP contribution is -2.33. The number of likely N-dealkylation sites (N-methyl/N-ethyl adjacent to an activating group) is 1. The number of rotatable bonds is 4. The van der Waals surface area contributed by atoms with E-state index >= 15 is 0 Å². The molecule has 1 N–H and O–H groups in total. The van der Waals surface area contributed by atoms with Crippen molar-refractivity contribution in [2.24, 2.45) is 5.92 Å². The first-order valence-electron chi connectivity index (χ1n) is 6.08. The van der Waals surface area contributed by atoms with Crippen LogP contribution in [0.2, 0.25) is 0 Å². The Morgan fingerprint density at radius 3 is 2.76 bits per heavy atom. The molecule has 0 saturated heterocycles. The normalized spacial score (nSPS) is 13.5. The van der Waals surface area contributed by atoms with Crippen LogP contribution in [0.3, 0.4) is 0 Å². The molecule has 17 heavy (non-hydrogen) atoms. The zero-order valence-corrected chi connectivity index (χ0v) is 10.9. The summed E-state index contributed by atoms with van der Waals surface area (Å²) >= 11 is 0. The highest BCUT2D eigenvalue weighted by molar-refractivity contribution is 5.41. The number of nitrogens with zero attached hydrogens (tertiary/aromatic N) is 3. The summed E-state index contributed by atoms with van der Waals surface area (Å²) in [5.74, 6) is 0.596. The molecular weight excluding hydrogens is 212 g/mol. The number of nitrogens with one attached hydrogen (secondary N) is 1. The average Bonchev–Trinajstić information content (AvgIpc) is 2.72. The second-order valence-corrected chi connectivity index (χ2v) is 4.90. The molecule has 2 aromatic rings. The molecule has 0 fully saturated rings. The lowest BCUT2D eigenvalue weighted by molar-refractivity contribution is 0.418. The highest BCUT2D eigenvalue weighted by atomic mass is 15.3. The lowest BCUT2D eigenvalue weighted by atomic mass is 9.98. The average molecular weight is 232 g/mol. The summed E-state index contributed by atoms with van der Waals surface area (Å²) in [6.07, 6.45) is 2.58. The maximum atomic E-state index is 4.28. The molecule has 1 atom stereocenters. The Hall–Kier alpha value is -1.42. The molecule has 92 valence electrons. The van der Waals surface area contributed by atoms with E-state index in [0.717, 1.165) is 12.1 Å². The van der Waals surface area contributed by atoms with Crippen LogP contribution >= 0.6 is 0 Å². The van der Waals surface area contributed by atoms with Crippen molar-refractivity contribution >= 4 is 5.65 Å². The van der Waals surface area contributed by atoms with Crippen molar-refractivity contribution in [3.8, 4) is 0 Å².